The Morgan fingerprint density at radius 2 is 2.11 bits per heavy atom. The minimum atomic E-state index is -0.256. The Balaban J connectivity index is 2.50. The third-order valence-electron chi connectivity index (χ3n) is 2.22. The van der Waals surface area contributed by atoms with Crippen LogP contribution in [-0.2, 0) is 4.74 Å². The van der Waals surface area contributed by atoms with Crippen LogP contribution in [0.3, 0.4) is 0 Å². The molecule has 0 atom stereocenters. The summed E-state index contributed by atoms with van der Waals surface area (Å²) >= 11 is 6.61. The van der Waals surface area contributed by atoms with Gasteiger partial charge >= 0.3 is 5.97 Å². The molecule has 0 radical (unpaired) electrons. The van der Waals surface area contributed by atoms with Gasteiger partial charge in [-0.15, -0.1) is 0 Å². The molecule has 0 amide bonds. The molecule has 0 saturated carbocycles. The van der Waals surface area contributed by atoms with Gasteiger partial charge in [0, 0.05) is 23.8 Å². The van der Waals surface area contributed by atoms with E-state index in [9.17, 15) is 4.79 Å². The summed E-state index contributed by atoms with van der Waals surface area (Å²) in [6.45, 7) is 3.82. The van der Waals surface area contributed by atoms with Crippen molar-refractivity contribution in [2.45, 2.75) is 6.92 Å². The molecule has 3 nitrogen and oxygen atoms in total. The summed E-state index contributed by atoms with van der Waals surface area (Å²) in [5, 5.41) is 3.16. The Kier molecular flexibility index (Phi) is 8.82. The summed E-state index contributed by atoms with van der Waals surface area (Å²) in [5.41, 5.74) is 0.644. The molecular formula is C13H14I3NO2. The number of carbonyl (C=O) groups is 1. The second-order valence-electron chi connectivity index (χ2n) is 3.66. The molecule has 0 aliphatic rings. The van der Waals surface area contributed by atoms with Crippen LogP contribution >= 0.6 is 67.8 Å². The Morgan fingerprint density at radius 1 is 1.37 bits per heavy atom. The van der Waals surface area contributed by atoms with Crippen LogP contribution in [-0.4, -0.2) is 25.7 Å². The van der Waals surface area contributed by atoms with Crippen molar-refractivity contribution in [3.8, 4) is 0 Å². The van der Waals surface area contributed by atoms with Crippen LogP contribution in [0.4, 0.5) is 0 Å². The van der Waals surface area contributed by atoms with E-state index in [2.05, 4.69) is 73.1 Å². The summed E-state index contributed by atoms with van der Waals surface area (Å²) in [4.78, 5) is 12.0. The average Bonchev–Trinajstić information content (AvgIpc) is 2.37. The maximum absolute atomic E-state index is 12.0. The Hall–Kier alpha value is 0.580. The molecule has 104 valence electrons. The summed E-state index contributed by atoms with van der Waals surface area (Å²) in [7, 11) is 0. The fraction of sp³-hybridized carbons (Fsp3) is 0.308. The number of esters is 1. The molecule has 0 bridgehead atoms. The molecule has 0 aliphatic carbocycles. The van der Waals surface area contributed by atoms with Gasteiger partial charge < -0.3 is 10.1 Å². The zero-order valence-corrected chi connectivity index (χ0v) is 16.9. The lowest BCUT2D eigenvalue weighted by molar-refractivity contribution is 0.0508. The second kappa shape index (κ2) is 9.50. The zero-order valence-electron chi connectivity index (χ0n) is 10.4. The topological polar surface area (TPSA) is 38.3 Å². The van der Waals surface area contributed by atoms with E-state index in [0.717, 1.165) is 17.3 Å². The number of allylic oxidation sites excluding steroid dienone is 1. The van der Waals surface area contributed by atoms with E-state index in [1.165, 1.54) is 0 Å². The highest BCUT2D eigenvalue weighted by Gasteiger charge is 2.14. The number of hydrogen-bond acceptors (Lipinski definition) is 3. The van der Waals surface area contributed by atoms with Crippen molar-refractivity contribution >= 4 is 73.7 Å². The van der Waals surface area contributed by atoms with Crippen molar-refractivity contribution in [3.63, 3.8) is 0 Å². The number of halogens is 3. The molecule has 0 saturated heterocycles. The Bertz CT molecular complexity index is 475. The van der Waals surface area contributed by atoms with Crippen LogP contribution in [0.15, 0.2) is 24.3 Å². The van der Waals surface area contributed by atoms with Gasteiger partial charge in [-0.1, -0.05) is 12.2 Å². The number of nitrogens with one attached hydrogen (secondary N) is 1. The lowest BCUT2D eigenvalue weighted by Gasteiger charge is -2.08. The number of benzene rings is 1. The first-order valence-corrected chi connectivity index (χ1v) is 8.93. The first-order valence-electron chi connectivity index (χ1n) is 5.69. The fourth-order valence-corrected chi connectivity index (χ4v) is 3.68. The molecule has 1 rings (SSSR count). The van der Waals surface area contributed by atoms with Gasteiger partial charge in [0.2, 0.25) is 0 Å². The van der Waals surface area contributed by atoms with Gasteiger partial charge in [0.1, 0.15) is 6.61 Å². The lowest BCUT2D eigenvalue weighted by atomic mass is 10.2. The van der Waals surface area contributed by atoms with Gasteiger partial charge in [0.05, 0.1) is 5.56 Å². The predicted molar refractivity (Wildman–Crippen MR) is 103 cm³/mol. The molecule has 0 fully saturated rings. The SMILES string of the molecule is C/C=C/CNCCOC(=O)c1cc(I)cc(I)c1I. The molecule has 19 heavy (non-hydrogen) atoms. The first kappa shape index (κ1) is 17.6. The van der Waals surface area contributed by atoms with Gasteiger partial charge in [-0.25, -0.2) is 4.79 Å². The Morgan fingerprint density at radius 3 is 2.79 bits per heavy atom. The maximum atomic E-state index is 12.0. The quantitative estimate of drug-likeness (QED) is 0.178. The zero-order chi connectivity index (χ0) is 14.3. The van der Waals surface area contributed by atoms with Gasteiger partial charge in [-0.2, -0.15) is 0 Å². The van der Waals surface area contributed by atoms with Crippen molar-refractivity contribution < 1.29 is 9.53 Å². The summed E-state index contributed by atoms with van der Waals surface area (Å²) in [5.74, 6) is -0.256. The van der Waals surface area contributed by atoms with E-state index in [-0.39, 0.29) is 5.97 Å². The predicted octanol–water partition coefficient (Wildman–Crippen LogP) is 3.82. The second-order valence-corrected chi connectivity index (χ2v) is 7.14. The molecule has 0 heterocycles. The molecule has 0 unspecified atom stereocenters. The van der Waals surface area contributed by atoms with Crippen molar-refractivity contribution in [2.75, 3.05) is 19.7 Å². The fourth-order valence-electron chi connectivity index (χ4n) is 1.30. The standard InChI is InChI=1S/C13H14I3NO2/c1-2-3-4-17-5-6-19-13(18)10-7-9(14)8-11(15)12(10)16/h2-3,7-8,17H,4-6H2,1H3/b3-2+. The number of rotatable bonds is 6. The average molecular weight is 597 g/mol. The highest BCUT2D eigenvalue weighted by Crippen LogP contribution is 2.23. The molecule has 1 N–H and O–H groups in total. The Labute approximate surface area is 154 Å². The largest absolute Gasteiger partial charge is 0.461 e. The summed E-state index contributed by atoms with van der Waals surface area (Å²) in [6, 6.07) is 3.90. The molecule has 1 aromatic carbocycles. The molecule has 6 heteroatoms. The van der Waals surface area contributed by atoms with Gasteiger partial charge in [0.25, 0.3) is 0 Å². The highest BCUT2D eigenvalue weighted by atomic mass is 127. The van der Waals surface area contributed by atoms with Crippen LogP contribution in [0, 0.1) is 10.7 Å². The third kappa shape index (κ3) is 6.25. The maximum Gasteiger partial charge on any atom is 0.339 e. The molecule has 0 spiro atoms. The third-order valence-corrected chi connectivity index (χ3v) is 5.89. The van der Waals surface area contributed by atoms with Crippen LogP contribution in [0.2, 0.25) is 0 Å². The van der Waals surface area contributed by atoms with Gasteiger partial charge in [-0.05, 0) is 86.8 Å². The molecule has 1 aromatic rings. The normalized spacial score (nSPS) is 10.9. The lowest BCUT2D eigenvalue weighted by Crippen LogP contribution is -2.21. The minimum Gasteiger partial charge on any atom is -0.461 e. The first-order chi connectivity index (χ1) is 9.06. The van der Waals surface area contributed by atoms with Crippen molar-refractivity contribution in [1.82, 2.24) is 5.32 Å². The van der Waals surface area contributed by atoms with E-state index in [4.69, 9.17) is 4.74 Å². The highest BCUT2D eigenvalue weighted by molar-refractivity contribution is 14.1. The van der Waals surface area contributed by atoms with Crippen molar-refractivity contribution in [1.29, 1.82) is 0 Å². The van der Waals surface area contributed by atoms with Gasteiger partial charge in [-0.3, -0.25) is 0 Å². The monoisotopic (exact) mass is 597 g/mol. The number of carbonyl (C=O) groups excluding carboxylic acids is 1. The summed E-state index contributed by atoms with van der Waals surface area (Å²) in [6.07, 6.45) is 4.00. The minimum absolute atomic E-state index is 0.256. The molecular weight excluding hydrogens is 583 g/mol. The molecule has 0 aliphatic heterocycles. The summed E-state index contributed by atoms with van der Waals surface area (Å²) < 4.78 is 8.33. The van der Waals surface area contributed by atoms with Crippen molar-refractivity contribution in [2.24, 2.45) is 0 Å². The number of hydrogen-bond donors (Lipinski definition) is 1. The van der Waals surface area contributed by atoms with E-state index in [1.807, 2.05) is 31.2 Å². The van der Waals surface area contributed by atoms with Crippen LogP contribution < -0.4 is 5.32 Å². The van der Waals surface area contributed by atoms with E-state index in [1.54, 1.807) is 0 Å². The van der Waals surface area contributed by atoms with Crippen LogP contribution in [0.1, 0.15) is 17.3 Å². The van der Waals surface area contributed by atoms with E-state index < -0.39 is 0 Å². The smallest absolute Gasteiger partial charge is 0.339 e. The van der Waals surface area contributed by atoms with Crippen LogP contribution in [0.25, 0.3) is 0 Å². The molecule has 0 aromatic heterocycles. The number of ether oxygens (including phenoxy) is 1. The van der Waals surface area contributed by atoms with E-state index >= 15 is 0 Å². The van der Waals surface area contributed by atoms with E-state index in [0.29, 0.717) is 18.7 Å². The van der Waals surface area contributed by atoms with Gasteiger partial charge in [0.15, 0.2) is 0 Å². The van der Waals surface area contributed by atoms with Crippen molar-refractivity contribution in [3.05, 3.63) is 40.6 Å². The van der Waals surface area contributed by atoms with Crippen LogP contribution in [0.5, 0.6) is 0 Å².